The molecule has 1 aliphatic heterocycles. The number of carboxylic acids is 2. The Hall–Kier alpha value is -8.48. The third-order valence-corrected chi connectivity index (χ3v) is 15.4. The minimum Gasteiger partial charge on any atom is -0.488 e. The maximum absolute atomic E-state index is 12.8. The van der Waals surface area contributed by atoms with Gasteiger partial charge in [0.15, 0.2) is 0 Å². The molecule has 0 aliphatic carbocycles. The minimum absolute atomic E-state index is 0.0105. The van der Waals surface area contributed by atoms with Gasteiger partial charge in [-0.15, -0.1) is 0 Å². The van der Waals surface area contributed by atoms with Crippen LogP contribution in [0, 0.1) is 13.8 Å². The van der Waals surface area contributed by atoms with E-state index in [0.29, 0.717) is 40.7 Å². The van der Waals surface area contributed by atoms with Crippen LogP contribution in [0.1, 0.15) is 66.8 Å². The number of aliphatic hydroxyl groups excluding tert-OH is 2. The summed E-state index contributed by atoms with van der Waals surface area (Å²) in [5, 5.41) is 48.8. The molecule has 432 valence electrons. The first-order valence-electron chi connectivity index (χ1n) is 27.1. The van der Waals surface area contributed by atoms with Crippen molar-refractivity contribution in [3.05, 3.63) is 235 Å². The van der Waals surface area contributed by atoms with Gasteiger partial charge in [0.1, 0.15) is 60.5 Å². The van der Waals surface area contributed by atoms with Crippen molar-refractivity contribution in [1.29, 1.82) is 0 Å². The highest BCUT2D eigenvalue weighted by atomic mass is 35.5. The van der Waals surface area contributed by atoms with Crippen LogP contribution in [-0.2, 0) is 61.9 Å². The zero-order valence-corrected chi connectivity index (χ0v) is 48.2. The summed E-state index contributed by atoms with van der Waals surface area (Å²) < 4.78 is 25.9. The molecule has 0 fully saturated rings. The fraction of sp³-hybridized carbons (Fsp3) is 0.242. The van der Waals surface area contributed by atoms with Crippen LogP contribution < -0.4 is 29.6 Å². The van der Waals surface area contributed by atoms with E-state index in [1.54, 1.807) is 62.3 Å². The van der Waals surface area contributed by atoms with E-state index in [2.05, 4.69) is 42.7 Å². The molecule has 0 radical (unpaired) electrons. The number of ether oxygens (including phenoxy) is 4. The molecule has 0 amide bonds. The number of pyridine rings is 2. The molecule has 2 atom stereocenters. The molecule has 6 N–H and O–H groups in total. The number of nitrogens with zero attached hydrogens (tertiary/aromatic N) is 4. The normalized spacial score (nSPS) is 13.4. The Morgan fingerprint density at radius 3 is 1.45 bits per heavy atom. The summed E-state index contributed by atoms with van der Waals surface area (Å²) >= 11 is 14.0. The highest BCUT2D eigenvalue weighted by Gasteiger charge is 2.39. The van der Waals surface area contributed by atoms with E-state index >= 15 is 0 Å². The minimum atomic E-state index is -1.71. The van der Waals surface area contributed by atoms with Gasteiger partial charge in [0, 0.05) is 109 Å². The predicted molar refractivity (Wildman–Crippen MR) is 324 cm³/mol. The average Bonchev–Trinajstić information content (AvgIpc) is 3.96. The number of benzene rings is 6. The van der Waals surface area contributed by atoms with Crippen molar-refractivity contribution in [2.24, 2.45) is 9.98 Å². The number of nitrogens with one attached hydrogen (secondary N) is 2. The lowest BCUT2D eigenvalue weighted by Gasteiger charge is -2.29. The van der Waals surface area contributed by atoms with E-state index in [0.717, 1.165) is 72.5 Å². The number of aliphatic imine (C=N–C) groups is 2. The van der Waals surface area contributed by atoms with E-state index in [1.807, 2.05) is 111 Å². The summed E-state index contributed by atoms with van der Waals surface area (Å²) in [6, 6.07) is 40.9. The largest absolute Gasteiger partial charge is 0.488 e. The van der Waals surface area contributed by atoms with Gasteiger partial charge in [-0.05, 0) is 82.6 Å². The molecule has 2 unspecified atom stereocenters. The third kappa shape index (κ3) is 14.8. The Balaban J connectivity index is 0.936. The first kappa shape index (κ1) is 60.1. The summed E-state index contributed by atoms with van der Waals surface area (Å²) in [5.74, 6) is -0.957. The summed E-state index contributed by atoms with van der Waals surface area (Å²) in [6.45, 7) is 3.89. The summed E-state index contributed by atoms with van der Waals surface area (Å²) in [7, 11) is 1.68. The number of carbonyl (C=O) groups is 2. The third-order valence-electron chi connectivity index (χ3n) is 14.8. The molecule has 1 aliphatic rings. The van der Waals surface area contributed by atoms with Crippen LogP contribution in [0.4, 0.5) is 0 Å². The standard InChI is InChI=1S/C66H64Cl2N6O10/c1-42-49(38-83-61-24-59(81-36-47-20-46(28-69-3)29-70-30-47)52(22-56(61)67)33-73-65(40-75,63(77)78)26-44-12-6-4-7-13-44)16-10-18-54(42)55-19-11-17-50(43(55)2)39-84-62-25-60(82-37-48-21-51(32-71-31-48)58-35-72-58)53(23-57(62)68)34-74-66(41-76,64(79)80)27-45-14-8-5-9-15-45/h4-25,28-32,73-76H,26-27,33-41H2,1-3H3,(H,77,78)(H,79,80). The number of aliphatic hydroxyl groups is 2. The number of aliphatic carboxylic acids is 2. The zero-order chi connectivity index (χ0) is 59.2. The van der Waals surface area contributed by atoms with Crippen LogP contribution in [-0.4, -0.2) is 92.1 Å². The second-order valence-corrected chi connectivity index (χ2v) is 21.4. The lowest BCUT2D eigenvalue weighted by Crippen LogP contribution is -2.56. The van der Waals surface area contributed by atoms with Crippen LogP contribution in [0.25, 0.3) is 11.1 Å². The maximum atomic E-state index is 12.8. The molecule has 16 nitrogen and oxygen atoms in total. The van der Waals surface area contributed by atoms with Crippen LogP contribution in [0.15, 0.2) is 168 Å². The van der Waals surface area contributed by atoms with Gasteiger partial charge >= 0.3 is 11.9 Å². The molecular formula is C66H64Cl2N6O10. The molecule has 18 heteroatoms. The number of carboxylic acid groups (broad SMARTS) is 2. The van der Waals surface area contributed by atoms with Crippen LogP contribution in [0.3, 0.4) is 0 Å². The lowest BCUT2D eigenvalue weighted by atomic mass is 9.91. The number of rotatable bonds is 29. The highest BCUT2D eigenvalue weighted by Crippen LogP contribution is 2.38. The van der Waals surface area contributed by atoms with Gasteiger partial charge in [0.25, 0.3) is 0 Å². The van der Waals surface area contributed by atoms with E-state index in [-0.39, 0.29) is 62.4 Å². The second kappa shape index (κ2) is 27.7. The van der Waals surface area contributed by atoms with Gasteiger partial charge in [0.2, 0.25) is 0 Å². The number of halogens is 2. The molecule has 6 aromatic carbocycles. The van der Waals surface area contributed by atoms with Gasteiger partial charge in [-0.1, -0.05) is 120 Å². The van der Waals surface area contributed by atoms with Crippen LogP contribution in [0.5, 0.6) is 23.0 Å². The average molecular weight is 1170 g/mol. The summed E-state index contributed by atoms with van der Waals surface area (Å²) in [6.07, 6.45) is 8.60. The molecule has 0 saturated heterocycles. The maximum Gasteiger partial charge on any atom is 0.326 e. The molecule has 0 bridgehead atoms. The zero-order valence-electron chi connectivity index (χ0n) is 46.6. The van der Waals surface area contributed by atoms with E-state index in [9.17, 15) is 30.0 Å². The van der Waals surface area contributed by atoms with Crippen molar-refractivity contribution >= 4 is 47.1 Å². The van der Waals surface area contributed by atoms with Crippen molar-refractivity contribution in [3.8, 4) is 34.1 Å². The molecule has 2 aromatic heterocycles. The van der Waals surface area contributed by atoms with Crippen molar-refractivity contribution in [3.63, 3.8) is 0 Å². The van der Waals surface area contributed by atoms with Crippen molar-refractivity contribution in [2.75, 3.05) is 26.8 Å². The Morgan fingerprint density at radius 2 is 1.01 bits per heavy atom. The number of hydrogen-bond donors (Lipinski definition) is 6. The van der Waals surface area contributed by atoms with Crippen molar-refractivity contribution < 1.29 is 49.0 Å². The van der Waals surface area contributed by atoms with Crippen LogP contribution in [0.2, 0.25) is 10.0 Å². The molecule has 84 heavy (non-hydrogen) atoms. The first-order chi connectivity index (χ1) is 40.7. The van der Waals surface area contributed by atoms with E-state index < -0.39 is 36.2 Å². The molecule has 8 aromatic rings. The molecule has 0 saturated carbocycles. The van der Waals surface area contributed by atoms with Gasteiger partial charge < -0.3 is 39.4 Å². The molecule has 3 heterocycles. The second-order valence-electron chi connectivity index (χ2n) is 20.6. The molecule has 0 spiro atoms. The Morgan fingerprint density at radius 1 is 0.560 bits per heavy atom. The van der Waals surface area contributed by atoms with Gasteiger partial charge in [-0.25, -0.2) is 0 Å². The summed E-state index contributed by atoms with van der Waals surface area (Å²) in [4.78, 5) is 42.7. The lowest BCUT2D eigenvalue weighted by molar-refractivity contribution is -0.147. The van der Waals surface area contributed by atoms with E-state index in [1.165, 1.54) is 0 Å². The fourth-order valence-corrected chi connectivity index (χ4v) is 10.3. The highest BCUT2D eigenvalue weighted by molar-refractivity contribution is 6.32. The monoisotopic (exact) mass is 1170 g/mol. The Kier molecular flexibility index (Phi) is 19.8. The fourth-order valence-electron chi connectivity index (χ4n) is 9.77. The Bertz CT molecular complexity index is 3700. The Labute approximate surface area is 497 Å². The quantitative estimate of drug-likeness (QED) is 0.0240. The smallest absolute Gasteiger partial charge is 0.326 e. The van der Waals surface area contributed by atoms with Crippen LogP contribution >= 0.6 is 23.2 Å². The van der Waals surface area contributed by atoms with Crippen molar-refractivity contribution in [2.45, 2.75) is 77.3 Å². The number of aromatic nitrogens is 2. The topological polar surface area (TPSA) is 227 Å². The van der Waals surface area contributed by atoms with Gasteiger partial charge in [0.05, 0.1) is 35.5 Å². The van der Waals surface area contributed by atoms with E-state index in [4.69, 9.17) is 42.1 Å². The predicted octanol–water partition coefficient (Wildman–Crippen LogP) is 10.5. The summed E-state index contributed by atoms with van der Waals surface area (Å²) in [5.41, 5.74) is 9.08. The number of hydrogen-bond acceptors (Lipinski definition) is 14. The molecular weight excluding hydrogens is 1110 g/mol. The van der Waals surface area contributed by atoms with Gasteiger partial charge in [-0.3, -0.25) is 40.2 Å². The SMILES string of the molecule is CN=Cc1cncc(COc2cc(OCc3cccc(-c4cccc(COc5cc(OCc6cncc(C7=NC7)c6)c(CNC(CO)(Cc6ccccc6)C(=O)O)cc5Cl)c4C)c3C)c(Cl)cc2CNC(CO)(Cc2ccccc2)C(=O)O)c1. The first-order valence-corrected chi connectivity index (χ1v) is 27.9. The molecule has 9 rings (SSSR count). The van der Waals surface area contributed by atoms with Crippen molar-refractivity contribution in [1.82, 2.24) is 20.6 Å². The van der Waals surface area contributed by atoms with Gasteiger partial charge in [-0.2, -0.15) is 0 Å².